The average molecular weight is 381 g/mol. The van der Waals surface area contributed by atoms with Crippen molar-refractivity contribution in [1.29, 1.82) is 0 Å². The van der Waals surface area contributed by atoms with Crippen molar-refractivity contribution >= 4 is 33.8 Å². The molecular weight excluding hydrogens is 367 g/mol. The zero-order valence-corrected chi connectivity index (χ0v) is 13.9. The molecule has 0 saturated heterocycles. The molecule has 1 N–H and O–H groups in total. The minimum Gasteiger partial charge on any atom is -0.463 e. The molecule has 1 rings (SSSR count). The van der Waals surface area contributed by atoms with E-state index in [4.69, 9.17) is 0 Å². The second kappa shape index (κ2) is 8.01. The molecule has 25 heavy (non-hydrogen) atoms. The smallest absolute Gasteiger partial charge is 0.463 e. The molecule has 0 atom stereocenters. The third-order valence-electron chi connectivity index (χ3n) is 2.50. The number of carbonyl (C=O) groups excluding carboxylic acids is 2. The summed E-state index contributed by atoms with van der Waals surface area (Å²) in [6.07, 6.45) is 2.33. The summed E-state index contributed by atoms with van der Waals surface area (Å²) in [7, 11) is -5.90. The Morgan fingerprint density at radius 1 is 1.28 bits per heavy atom. The molecule has 11 heteroatoms. The summed E-state index contributed by atoms with van der Waals surface area (Å²) >= 11 is 0. The second-order valence-corrected chi connectivity index (χ2v) is 6.04. The molecule has 7 nitrogen and oxygen atoms in total. The molecular formula is C14H14F3NO6S. The molecule has 1 aromatic rings. The highest BCUT2D eigenvalue weighted by molar-refractivity contribution is 7.88. The summed E-state index contributed by atoms with van der Waals surface area (Å²) in [6.45, 7) is 2.83. The Morgan fingerprint density at radius 2 is 1.92 bits per heavy atom. The van der Waals surface area contributed by atoms with Crippen LogP contribution < -0.4 is 9.50 Å². The first-order valence-corrected chi connectivity index (χ1v) is 8.14. The maximum atomic E-state index is 12.4. The van der Waals surface area contributed by atoms with Gasteiger partial charge >= 0.3 is 21.6 Å². The summed E-state index contributed by atoms with van der Waals surface area (Å²) in [4.78, 5) is 22.4. The highest BCUT2D eigenvalue weighted by Crippen LogP contribution is 2.32. The Kier molecular flexibility index (Phi) is 6.56. The van der Waals surface area contributed by atoms with Gasteiger partial charge in [-0.2, -0.15) is 21.6 Å². The van der Waals surface area contributed by atoms with Gasteiger partial charge in [-0.25, -0.2) is 4.79 Å². The molecule has 0 aliphatic rings. The molecule has 0 radical (unpaired) electrons. The van der Waals surface area contributed by atoms with Crippen LogP contribution in [0.3, 0.4) is 0 Å². The lowest BCUT2D eigenvalue weighted by atomic mass is 10.1. The Hall–Kier alpha value is -2.56. The Balaban J connectivity index is 3.19. The van der Waals surface area contributed by atoms with Gasteiger partial charge in [-0.1, -0.05) is 6.07 Å². The lowest BCUT2D eigenvalue weighted by molar-refractivity contribution is -0.137. The van der Waals surface area contributed by atoms with E-state index in [1.165, 1.54) is 12.1 Å². The fraction of sp³-hybridized carbons (Fsp3) is 0.286. The molecule has 0 aliphatic heterocycles. The van der Waals surface area contributed by atoms with E-state index in [9.17, 15) is 31.2 Å². The largest absolute Gasteiger partial charge is 0.534 e. The standard InChI is InChI=1S/C14H14F3NO6S/c1-3-23-13(20)7-5-10-4-6-12(11(8-10)18-9(2)19)24-25(21,22)14(15,16)17/h4-8H,3H2,1-2H3,(H,18,19). The van der Waals surface area contributed by atoms with Gasteiger partial charge in [0, 0.05) is 13.0 Å². The summed E-state index contributed by atoms with van der Waals surface area (Å²) in [5, 5.41) is 2.15. The van der Waals surface area contributed by atoms with Gasteiger partial charge in [-0.15, -0.1) is 0 Å². The van der Waals surface area contributed by atoms with E-state index in [0.29, 0.717) is 0 Å². The predicted molar refractivity (Wildman–Crippen MR) is 82.0 cm³/mol. The molecule has 0 bridgehead atoms. The number of anilines is 1. The summed E-state index contributed by atoms with van der Waals surface area (Å²) in [5.74, 6) is -2.04. The first-order chi connectivity index (χ1) is 11.5. The van der Waals surface area contributed by atoms with Crippen LogP contribution in [0.2, 0.25) is 0 Å². The van der Waals surface area contributed by atoms with Crippen LogP contribution in [-0.4, -0.2) is 32.4 Å². The number of amides is 1. The van der Waals surface area contributed by atoms with E-state index >= 15 is 0 Å². The third-order valence-corrected chi connectivity index (χ3v) is 3.46. The van der Waals surface area contributed by atoms with Crippen molar-refractivity contribution in [3.63, 3.8) is 0 Å². The molecule has 0 spiro atoms. The number of hydrogen-bond donors (Lipinski definition) is 1. The van der Waals surface area contributed by atoms with Crippen LogP contribution in [0.5, 0.6) is 5.75 Å². The minimum atomic E-state index is -5.90. The fourth-order valence-corrected chi connectivity index (χ4v) is 2.01. The highest BCUT2D eigenvalue weighted by atomic mass is 32.2. The van der Waals surface area contributed by atoms with Crippen molar-refractivity contribution in [3.8, 4) is 5.75 Å². The molecule has 138 valence electrons. The van der Waals surface area contributed by atoms with Crippen molar-refractivity contribution in [3.05, 3.63) is 29.8 Å². The molecule has 0 heterocycles. The number of rotatable bonds is 6. The second-order valence-electron chi connectivity index (χ2n) is 4.51. The maximum absolute atomic E-state index is 12.4. The summed E-state index contributed by atoms with van der Waals surface area (Å²) in [5.41, 5.74) is -5.65. The highest BCUT2D eigenvalue weighted by Gasteiger charge is 2.48. The molecule has 1 aromatic carbocycles. The van der Waals surface area contributed by atoms with E-state index in [1.807, 2.05) is 0 Å². The number of alkyl halides is 3. The van der Waals surface area contributed by atoms with Crippen molar-refractivity contribution in [2.45, 2.75) is 19.4 Å². The number of hydrogen-bond acceptors (Lipinski definition) is 6. The normalized spacial score (nSPS) is 12.0. The quantitative estimate of drug-likeness (QED) is 0.352. The number of benzene rings is 1. The Morgan fingerprint density at radius 3 is 2.44 bits per heavy atom. The topological polar surface area (TPSA) is 98.8 Å². The first-order valence-electron chi connectivity index (χ1n) is 6.73. The van der Waals surface area contributed by atoms with Crippen LogP contribution in [0, 0.1) is 0 Å². The van der Waals surface area contributed by atoms with Gasteiger partial charge in [0.15, 0.2) is 5.75 Å². The van der Waals surface area contributed by atoms with Gasteiger partial charge in [-0.05, 0) is 30.7 Å². The van der Waals surface area contributed by atoms with Crippen molar-refractivity contribution in [2.24, 2.45) is 0 Å². The minimum absolute atomic E-state index is 0.155. The van der Waals surface area contributed by atoms with Gasteiger partial charge in [0.05, 0.1) is 12.3 Å². The Labute approximate surface area is 141 Å². The van der Waals surface area contributed by atoms with Gasteiger partial charge < -0.3 is 14.2 Å². The summed E-state index contributed by atoms with van der Waals surface area (Å²) in [6, 6.07) is 3.25. The lowest BCUT2D eigenvalue weighted by Gasteiger charge is -2.13. The zero-order valence-electron chi connectivity index (χ0n) is 13.1. The monoisotopic (exact) mass is 381 g/mol. The van der Waals surface area contributed by atoms with Crippen LogP contribution >= 0.6 is 0 Å². The van der Waals surface area contributed by atoms with Gasteiger partial charge in [-0.3, -0.25) is 4.79 Å². The zero-order chi connectivity index (χ0) is 19.3. The SMILES string of the molecule is CCOC(=O)C=Cc1ccc(OS(=O)(=O)C(F)(F)F)c(NC(C)=O)c1. The number of nitrogens with one attached hydrogen (secondary N) is 1. The summed E-state index contributed by atoms with van der Waals surface area (Å²) < 4.78 is 68.1. The fourth-order valence-electron chi connectivity index (χ4n) is 1.53. The van der Waals surface area contributed by atoms with Crippen LogP contribution in [0.15, 0.2) is 24.3 Å². The maximum Gasteiger partial charge on any atom is 0.534 e. The van der Waals surface area contributed by atoms with E-state index in [-0.39, 0.29) is 17.9 Å². The number of halogens is 3. The van der Waals surface area contributed by atoms with Crippen LogP contribution in [-0.2, 0) is 24.4 Å². The molecule has 0 saturated carbocycles. The molecule has 1 amide bonds. The molecule has 0 unspecified atom stereocenters. The van der Waals surface area contributed by atoms with Crippen LogP contribution in [0.1, 0.15) is 19.4 Å². The third kappa shape index (κ3) is 6.10. The van der Waals surface area contributed by atoms with Crippen LogP contribution in [0.25, 0.3) is 6.08 Å². The van der Waals surface area contributed by atoms with E-state index in [1.54, 1.807) is 6.92 Å². The van der Waals surface area contributed by atoms with Gasteiger partial charge in [0.2, 0.25) is 5.91 Å². The van der Waals surface area contributed by atoms with Crippen molar-refractivity contribution < 1.29 is 40.1 Å². The molecule has 0 fully saturated rings. The molecule has 0 aliphatic carbocycles. The Bertz CT molecular complexity index is 786. The lowest BCUT2D eigenvalue weighted by Crippen LogP contribution is -2.28. The number of esters is 1. The number of ether oxygens (including phenoxy) is 1. The van der Waals surface area contributed by atoms with Gasteiger partial charge in [0.25, 0.3) is 0 Å². The molecule has 0 aromatic heterocycles. The van der Waals surface area contributed by atoms with E-state index < -0.39 is 33.3 Å². The number of carbonyl (C=O) groups is 2. The van der Waals surface area contributed by atoms with E-state index in [2.05, 4.69) is 14.2 Å². The predicted octanol–water partition coefficient (Wildman–Crippen LogP) is 2.45. The van der Waals surface area contributed by atoms with Crippen molar-refractivity contribution in [2.75, 3.05) is 11.9 Å². The average Bonchev–Trinajstić information content (AvgIpc) is 2.46. The van der Waals surface area contributed by atoms with E-state index in [0.717, 1.165) is 25.1 Å². The van der Waals surface area contributed by atoms with Crippen LogP contribution in [0.4, 0.5) is 18.9 Å². The first kappa shape index (κ1) is 20.5. The van der Waals surface area contributed by atoms with Crippen molar-refractivity contribution in [1.82, 2.24) is 0 Å². The van der Waals surface area contributed by atoms with Gasteiger partial charge in [0.1, 0.15) is 0 Å².